The molecule has 156 valence electrons. The van der Waals surface area contributed by atoms with Gasteiger partial charge < -0.3 is 14.2 Å². The van der Waals surface area contributed by atoms with Gasteiger partial charge in [0.15, 0.2) is 5.13 Å². The van der Waals surface area contributed by atoms with E-state index in [1.165, 1.54) is 11.3 Å². The minimum Gasteiger partial charge on any atom is -0.493 e. The molecule has 1 atom stereocenters. The highest BCUT2D eigenvalue weighted by molar-refractivity contribution is 7.14. The molecule has 0 bridgehead atoms. The topological polar surface area (TPSA) is 69.7 Å². The first-order valence-electron chi connectivity index (χ1n) is 10.1. The average molecular weight is 425 g/mol. The van der Waals surface area contributed by atoms with Crippen LogP contribution in [0.2, 0.25) is 0 Å². The number of carbonyl (C=O) groups is 1. The maximum absolute atomic E-state index is 12.9. The number of carbonyl (C=O) groups excluding carboxylic acids is 1. The van der Waals surface area contributed by atoms with Crippen LogP contribution in [0.3, 0.4) is 0 Å². The lowest BCUT2D eigenvalue weighted by Crippen LogP contribution is -2.19. The van der Waals surface area contributed by atoms with E-state index in [0.29, 0.717) is 29.7 Å². The van der Waals surface area contributed by atoms with Gasteiger partial charge in [0.1, 0.15) is 18.1 Å². The van der Waals surface area contributed by atoms with Crippen molar-refractivity contribution < 1.29 is 19.0 Å². The number of hydrogen-bond donors (Lipinski definition) is 1. The lowest BCUT2D eigenvalue weighted by atomic mass is 10.1. The fourth-order valence-electron chi connectivity index (χ4n) is 3.32. The summed E-state index contributed by atoms with van der Waals surface area (Å²) in [5.74, 6) is 1.07. The second kappa shape index (κ2) is 9.73. The van der Waals surface area contributed by atoms with Crippen molar-refractivity contribution in [3.63, 3.8) is 0 Å². The maximum atomic E-state index is 12.9. The molecule has 6 nitrogen and oxygen atoms in total. The van der Waals surface area contributed by atoms with E-state index in [-0.39, 0.29) is 12.0 Å². The van der Waals surface area contributed by atoms with Gasteiger partial charge in [-0.05, 0) is 44.0 Å². The summed E-state index contributed by atoms with van der Waals surface area (Å²) in [6.45, 7) is 3.74. The number of thiazole rings is 1. The number of hydrogen-bond acceptors (Lipinski definition) is 6. The Hall–Kier alpha value is -2.90. The summed E-state index contributed by atoms with van der Waals surface area (Å²) in [4.78, 5) is 17.4. The highest BCUT2D eigenvalue weighted by Crippen LogP contribution is 2.32. The van der Waals surface area contributed by atoms with Gasteiger partial charge in [-0.15, -0.1) is 11.3 Å². The van der Waals surface area contributed by atoms with Gasteiger partial charge >= 0.3 is 0 Å². The first-order chi connectivity index (χ1) is 14.7. The molecule has 1 aromatic heterocycles. The lowest BCUT2D eigenvalue weighted by molar-refractivity contribution is 0.0673. The van der Waals surface area contributed by atoms with Gasteiger partial charge in [0, 0.05) is 17.6 Å². The standard InChI is InChI=1S/C23H24N2O4S/c1-2-27-20-11-5-3-9-17(20)19-15-30-23(24-19)25-22(26)18-10-4-6-12-21(18)29-14-16-8-7-13-28-16/h3-6,9-12,15-16H,2,7-8,13-14H2,1H3,(H,24,25,26). The Balaban J connectivity index is 1.46. The quantitative estimate of drug-likeness (QED) is 0.550. The average Bonchev–Trinajstić information content (AvgIpc) is 3.45. The van der Waals surface area contributed by atoms with Crippen LogP contribution < -0.4 is 14.8 Å². The van der Waals surface area contributed by atoms with Gasteiger partial charge in [0.2, 0.25) is 0 Å². The molecule has 2 aromatic carbocycles. The fraction of sp³-hybridized carbons (Fsp3) is 0.304. The predicted molar refractivity (Wildman–Crippen MR) is 118 cm³/mol. The number of nitrogens with one attached hydrogen (secondary N) is 1. The summed E-state index contributed by atoms with van der Waals surface area (Å²) in [7, 11) is 0. The van der Waals surface area contributed by atoms with Crippen LogP contribution in [0.1, 0.15) is 30.1 Å². The summed E-state index contributed by atoms with van der Waals surface area (Å²) >= 11 is 1.37. The Bertz CT molecular complexity index is 998. The molecule has 0 radical (unpaired) electrons. The zero-order valence-corrected chi connectivity index (χ0v) is 17.6. The van der Waals surface area contributed by atoms with Crippen molar-refractivity contribution in [2.24, 2.45) is 0 Å². The molecule has 1 saturated heterocycles. The summed E-state index contributed by atoms with van der Waals surface area (Å²) in [6, 6.07) is 15.0. The number of benzene rings is 2. The van der Waals surface area contributed by atoms with Crippen LogP contribution in [0.25, 0.3) is 11.3 Å². The Morgan fingerprint density at radius 3 is 2.77 bits per heavy atom. The number of aromatic nitrogens is 1. The second-order valence-electron chi connectivity index (χ2n) is 6.86. The number of ether oxygens (including phenoxy) is 3. The number of nitrogens with zero attached hydrogens (tertiary/aromatic N) is 1. The normalized spacial score (nSPS) is 15.7. The Kier molecular flexibility index (Phi) is 6.61. The molecule has 7 heteroatoms. The number of anilines is 1. The van der Waals surface area contributed by atoms with E-state index in [4.69, 9.17) is 14.2 Å². The molecule has 4 rings (SSSR count). The van der Waals surface area contributed by atoms with Crippen LogP contribution in [0.15, 0.2) is 53.9 Å². The SMILES string of the molecule is CCOc1ccccc1-c1csc(NC(=O)c2ccccc2OCC2CCCO2)n1. The minimum absolute atomic E-state index is 0.0908. The predicted octanol–water partition coefficient (Wildman–Crippen LogP) is 5.02. The molecule has 1 amide bonds. The van der Waals surface area contributed by atoms with E-state index < -0.39 is 0 Å². The molecule has 1 aliphatic rings. The zero-order chi connectivity index (χ0) is 20.8. The van der Waals surface area contributed by atoms with Gasteiger partial charge in [-0.2, -0.15) is 0 Å². The fourth-order valence-corrected chi connectivity index (χ4v) is 4.02. The maximum Gasteiger partial charge on any atom is 0.261 e. The van der Waals surface area contributed by atoms with E-state index in [1.54, 1.807) is 12.1 Å². The van der Waals surface area contributed by atoms with E-state index in [9.17, 15) is 4.79 Å². The zero-order valence-electron chi connectivity index (χ0n) is 16.8. The highest BCUT2D eigenvalue weighted by atomic mass is 32.1. The molecule has 2 heterocycles. The van der Waals surface area contributed by atoms with E-state index in [0.717, 1.165) is 36.5 Å². The summed E-state index contributed by atoms with van der Waals surface area (Å²) in [5, 5.41) is 5.32. The minimum atomic E-state index is -0.253. The Morgan fingerprint density at radius 1 is 1.17 bits per heavy atom. The molecule has 0 aliphatic carbocycles. The Labute approximate surface area is 179 Å². The first kappa shape index (κ1) is 20.4. The molecule has 0 spiro atoms. The molecule has 3 aromatic rings. The molecule has 1 N–H and O–H groups in total. The van der Waals surface area contributed by atoms with Crippen molar-refractivity contribution in [2.75, 3.05) is 25.1 Å². The van der Waals surface area contributed by atoms with Crippen LogP contribution in [0.4, 0.5) is 5.13 Å². The van der Waals surface area contributed by atoms with Crippen LogP contribution in [-0.4, -0.2) is 36.8 Å². The van der Waals surface area contributed by atoms with Crippen molar-refractivity contribution in [2.45, 2.75) is 25.9 Å². The molecule has 1 unspecified atom stereocenters. The molecule has 1 aliphatic heterocycles. The lowest BCUT2D eigenvalue weighted by Gasteiger charge is -2.14. The van der Waals surface area contributed by atoms with Gasteiger partial charge in [-0.1, -0.05) is 24.3 Å². The van der Waals surface area contributed by atoms with Gasteiger partial charge in [0.25, 0.3) is 5.91 Å². The number of rotatable bonds is 8. The Morgan fingerprint density at radius 2 is 1.97 bits per heavy atom. The molecular weight excluding hydrogens is 400 g/mol. The molecular formula is C23H24N2O4S. The van der Waals surface area contributed by atoms with Gasteiger partial charge in [0.05, 0.1) is 24.0 Å². The smallest absolute Gasteiger partial charge is 0.261 e. The van der Waals surface area contributed by atoms with Crippen LogP contribution >= 0.6 is 11.3 Å². The van der Waals surface area contributed by atoms with E-state index >= 15 is 0 Å². The van der Waals surface area contributed by atoms with E-state index in [2.05, 4.69) is 10.3 Å². The summed E-state index contributed by atoms with van der Waals surface area (Å²) in [5.41, 5.74) is 2.14. The van der Waals surface area contributed by atoms with Gasteiger partial charge in [-0.3, -0.25) is 10.1 Å². The highest BCUT2D eigenvalue weighted by Gasteiger charge is 2.19. The van der Waals surface area contributed by atoms with Crippen LogP contribution in [-0.2, 0) is 4.74 Å². The number of para-hydroxylation sites is 2. The van der Waals surface area contributed by atoms with Crippen LogP contribution in [0, 0.1) is 0 Å². The van der Waals surface area contributed by atoms with Crippen molar-refractivity contribution in [3.8, 4) is 22.8 Å². The second-order valence-corrected chi connectivity index (χ2v) is 7.72. The molecule has 1 fully saturated rings. The first-order valence-corrected chi connectivity index (χ1v) is 10.9. The van der Waals surface area contributed by atoms with Crippen molar-refractivity contribution in [1.29, 1.82) is 0 Å². The summed E-state index contributed by atoms with van der Waals surface area (Å²) < 4.78 is 17.2. The van der Waals surface area contributed by atoms with Crippen molar-refractivity contribution in [3.05, 3.63) is 59.5 Å². The van der Waals surface area contributed by atoms with E-state index in [1.807, 2.05) is 48.7 Å². The third kappa shape index (κ3) is 4.80. The largest absolute Gasteiger partial charge is 0.493 e. The molecule has 30 heavy (non-hydrogen) atoms. The van der Waals surface area contributed by atoms with Crippen molar-refractivity contribution in [1.82, 2.24) is 4.98 Å². The van der Waals surface area contributed by atoms with Crippen LogP contribution in [0.5, 0.6) is 11.5 Å². The third-order valence-corrected chi connectivity index (χ3v) is 5.53. The monoisotopic (exact) mass is 424 g/mol. The van der Waals surface area contributed by atoms with Crippen molar-refractivity contribution >= 4 is 22.4 Å². The summed E-state index contributed by atoms with van der Waals surface area (Å²) in [6.07, 6.45) is 2.13. The number of amides is 1. The third-order valence-electron chi connectivity index (χ3n) is 4.77. The molecule has 0 saturated carbocycles. The van der Waals surface area contributed by atoms with Gasteiger partial charge in [-0.25, -0.2) is 4.98 Å².